The van der Waals surface area contributed by atoms with Crippen LogP contribution in [0.2, 0.25) is 0 Å². The number of nitrogens with zero attached hydrogens (tertiary/aromatic N) is 5. The largest absolute Gasteiger partial charge is 0.453 e. The summed E-state index contributed by atoms with van der Waals surface area (Å²) in [4.78, 5) is 9.84. The summed E-state index contributed by atoms with van der Waals surface area (Å²) >= 11 is 0. The lowest BCUT2D eigenvalue weighted by Crippen LogP contribution is -2.42. The van der Waals surface area contributed by atoms with Crippen molar-refractivity contribution in [1.29, 1.82) is 0 Å². The average Bonchev–Trinajstić information content (AvgIpc) is 2.91. The van der Waals surface area contributed by atoms with Crippen molar-refractivity contribution in [2.45, 2.75) is 38.9 Å². The molecule has 1 aliphatic heterocycles. The lowest BCUT2D eigenvalue weighted by atomic mass is 10.1. The summed E-state index contributed by atoms with van der Waals surface area (Å²) in [6, 6.07) is 1.87. The first-order chi connectivity index (χ1) is 10.9. The second-order valence-electron chi connectivity index (χ2n) is 5.80. The maximum absolute atomic E-state index is 12.8. The van der Waals surface area contributed by atoms with Crippen molar-refractivity contribution in [1.82, 2.24) is 24.5 Å². The van der Waals surface area contributed by atoms with E-state index in [0.29, 0.717) is 11.5 Å². The molecule has 23 heavy (non-hydrogen) atoms. The molecule has 3 heterocycles. The van der Waals surface area contributed by atoms with Gasteiger partial charge in [-0.1, -0.05) is 6.92 Å². The van der Waals surface area contributed by atoms with Gasteiger partial charge >= 0.3 is 6.18 Å². The van der Waals surface area contributed by atoms with Crippen LogP contribution in [0.5, 0.6) is 0 Å². The highest BCUT2D eigenvalue weighted by molar-refractivity contribution is 5.46. The Kier molecular flexibility index (Phi) is 4.13. The summed E-state index contributed by atoms with van der Waals surface area (Å²) in [7, 11) is 0. The van der Waals surface area contributed by atoms with Crippen molar-refractivity contribution >= 4 is 11.6 Å². The van der Waals surface area contributed by atoms with Crippen LogP contribution in [-0.2, 0) is 6.18 Å². The molecule has 0 saturated carbocycles. The fourth-order valence-electron chi connectivity index (χ4n) is 2.88. The van der Waals surface area contributed by atoms with Gasteiger partial charge in [0.05, 0.1) is 0 Å². The Morgan fingerprint density at radius 1 is 1.35 bits per heavy atom. The van der Waals surface area contributed by atoms with Crippen LogP contribution in [-0.4, -0.2) is 50.2 Å². The molecule has 126 valence electrons. The predicted octanol–water partition coefficient (Wildman–Crippen LogP) is 2.35. The first kappa shape index (κ1) is 16.0. The summed E-state index contributed by atoms with van der Waals surface area (Å²) < 4.78 is 39.6. The molecule has 0 bridgehead atoms. The fourth-order valence-corrected chi connectivity index (χ4v) is 2.88. The van der Waals surface area contributed by atoms with Crippen molar-refractivity contribution < 1.29 is 13.2 Å². The normalized spacial score (nSPS) is 20.1. The van der Waals surface area contributed by atoms with Gasteiger partial charge in [0.2, 0.25) is 0 Å². The third kappa shape index (κ3) is 3.39. The van der Waals surface area contributed by atoms with Crippen LogP contribution in [0.3, 0.4) is 0 Å². The molecule has 1 atom stereocenters. The highest BCUT2D eigenvalue weighted by Gasteiger charge is 2.37. The van der Waals surface area contributed by atoms with E-state index in [4.69, 9.17) is 0 Å². The monoisotopic (exact) mass is 328 g/mol. The van der Waals surface area contributed by atoms with Crippen molar-refractivity contribution in [2.75, 3.05) is 25.0 Å². The second kappa shape index (κ2) is 5.95. The molecule has 1 fully saturated rings. The Morgan fingerprint density at radius 3 is 2.83 bits per heavy atom. The molecule has 0 aromatic carbocycles. The number of hydrogen-bond donors (Lipinski definition) is 1. The Bertz CT molecular complexity index is 696. The zero-order valence-electron chi connectivity index (χ0n) is 13.1. The zero-order chi connectivity index (χ0) is 16.6. The Hall–Kier alpha value is -1.90. The van der Waals surface area contributed by atoms with E-state index in [1.807, 2.05) is 0 Å². The molecule has 0 radical (unpaired) electrons. The van der Waals surface area contributed by atoms with Gasteiger partial charge in [-0.15, -0.1) is 5.10 Å². The van der Waals surface area contributed by atoms with Gasteiger partial charge in [-0.3, -0.25) is 0 Å². The van der Waals surface area contributed by atoms with Crippen molar-refractivity contribution in [3.63, 3.8) is 0 Å². The summed E-state index contributed by atoms with van der Waals surface area (Å²) in [5.41, 5.74) is 0.601. The number of rotatable bonds is 3. The smallest absolute Gasteiger partial charge is 0.366 e. The predicted molar refractivity (Wildman–Crippen MR) is 79.3 cm³/mol. The van der Waals surface area contributed by atoms with Gasteiger partial charge in [-0.25, -0.2) is 4.98 Å². The van der Waals surface area contributed by atoms with Crippen LogP contribution in [0.15, 0.2) is 6.07 Å². The Labute approximate surface area is 131 Å². The Balaban J connectivity index is 1.92. The number of aryl methyl sites for hydroxylation is 1. The number of likely N-dealkylation sites (tertiary alicyclic amines) is 1. The number of likely N-dealkylation sites (N-methyl/N-ethyl adjacent to an activating group) is 1. The number of halogens is 3. The van der Waals surface area contributed by atoms with Crippen molar-refractivity contribution in [2.24, 2.45) is 0 Å². The number of fused-ring (bicyclic) bond motifs is 1. The van der Waals surface area contributed by atoms with Crippen LogP contribution >= 0.6 is 0 Å². The second-order valence-corrected chi connectivity index (χ2v) is 5.80. The highest BCUT2D eigenvalue weighted by atomic mass is 19.4. The number of anilines is 1. The Morgan fingerprint density at radius 2 is 2.13 bits per heavy atom. The molecule has 9 heteroatoms. The third-order valence-corrected chi connectivity index (χ3v) is 4.00. The number of hydrogen-bond acceptors (Lipinski definition) is 5. The highest BCUT2D eigenvalue weighted by Crippen LogP contribution is 2.27. The lowest BCUT2D eigenvalue weighted by molar-refractivity contribution is -0.144. The number of aromatic nitrogens is 4. The molecule has 1 N–H and O–H groups in total. The van der Waals surface area contributed by atoms with Gasteiger partial charge in [-0.2, -0.15) is 22.7 Å². The standard InChI is InChI=1S/C14H19F3N6/c1-3-22-6-4-5-10(8-22)19-11-7-9(2)18-13-20-12(14(15,16)17)21-23(11)13/h7,10,19H,3-6,8H2,1-2H3/t10-/m1/s1. The first-order valence-corrected chi connectivity index (χ1v) is 7.67. The molecule has 2 aromatic heterocycles. The van der Waals surface area contributed by atoms with Crippen LogP contribution in [0.4, 0.5) is 19.0 Å². The summed E-state index contributed by atoms with van der Waals surface area (Å²) in [6.07, 6.45) is -2.55. The summed E-state index contributed by atoms with van der Waals surface area (Å²) in [5, 5.41) is 6.88. The van der Waals surface area contributed by atoms with Gasteiger partial charge in [0.15, 0.2) is 0 Å². The molecular weight excluding hydrogens is 309 g/mol. The van der Waals surface area contributed by atoms with E-state index in [9.17, 15) is 13.2 Å². The lowest BCUT2D eigenvalue weighted by Gasteiger charge is -2.32. The van der Waals surface area contributed by atoms with Gasteiger partial charge in [0.25, 0.3) is 11.6 Å². The van der Waals surface area contributed by atoms with Crippen LogP contribution in [0.25, 0.3) is 5.78 Å². The number of piperidine rings is 1. The van der Waals surface area contributed by atoms with Crippen molar-refractivity contribution in [3.8, 4) is 0 Å². The van der Waals surface area contributed by atoms with Gasteiger partial charge in [-0.05, 0) is 32.9 Å². The average molecular weight is 328 g/mol. The topological polar surface area (TPSA) is 58.3 Å². The minimum absolute atomic E-state index is 0.0389. The van der Waals surface area contributed by atoms with E-state index in [-0.39, 0.29) is 11.8 Å². The SMILES string of the molecule is CCN1CCC[C@@H](Nc2cc(C)nc3nc(C(F)(F)F)nn23)C1. The van der Waals surface area contributed by atoms with Gasteiger partial charge in [0.1, 0.15) is 5.82 Å². The van der Waals surface area contributed by atoms with Crippen LogP contribution < -0.4 is 5.32 Å². The third-order valence-electron chi connectivity index (χ3n) is 4.00. The minimum atomic E-state index is -4.58. The quantitative estimate of drug-likeness (QED) is 0.937. The molecule has 6 nitrogen and oxygen atoms in total. The molecule has 0 amide bonds. The molecule has 1 saturated heterocycles. The molecule has 1 aliphatic rings. The molecule has 0 aliphatic carbocycles. The first-order valence-electron chi connectivity index (χ1n) is 7.67. The molecule has 0 unspecified atom stereocenters. The van der Waals surface area contributed by atoms with E-state index in [1.165, 1.54) is 0 Å². The minimum Gasteiger partial charge on any atom is -0.366 e. The summed E-state index contributed by atoms with van der Waals surface area (Å²) in [5.74, 6) is -0.709. The molecule has 2 aromatic rings. The molecule has 0 spiro atoms. The molecular formula is C14H19F3N6. The zero-order valence-corrected chi connectivity index (χ0v) is 13.1. The van der Waals surface area contributed by atoms with E-state index < -0.39 is 12.0 Å². The maximum atomic E-state index is 12.8. The van der Waals surface area contributed by atoms with Crippen LogP contribution in [0.1, 0.15) is 31.3 Å². The van der Waals surface area contributed by atoms with Gasteiger partial charge < -0.3 is 10.2 Å². The fraction of sp³-hybridized carbons (Fsp3) is 0.643. The van der Waals surface area contributed by atoms with E-state index in [0.717, 1.165) is 37.0 Å². The van der Waals surface area contributed by atoms with E-state index >= 15 is 0 Å². The van der Waals surface area contributed by atoms with E-state index in [2.05, 4.69) is 32.2 Å². The van der Waals surface area contributed by atoms with Gasteiger partial charge in [0, 0.05) is 24.3 Å². The molecule has 3 rings (SSSR count). The van der Waals surface area contributed by atoms with Crippen LogP contribution in [0, 0.1) is 6.92 Å². The summed E-state index contributed by atoms with van der Waals surface area (Å²) in [6.45, 7) is 6.71. The van der Waals surface area contributed by atoms with Crippen molar-refractivity contribution in [3.05, 3.63) is 17.6 Å². The number of alkyl halides is 3. The maximum Gasteiger partial charge on any atom is 0.453 e. The number of nitrogens with one attached hydrogen (secondary N) is 1. The van der Waals surface area contributed by atoms with E-state index in [1.54, 1.807) is 13.0 Å².